The van der Waals surface area contributed by atoms with E-state index in [0.717, 1.165) is 24.8 Å². The molecule has 1 aromatic carbocycles. The third kappa shape index (κ3) is 3.53. The van der Waals surface area contributed by atoms with Crippen LogP contribution in [0.25, 0.3) is 0 Å². The standard InChI is InChI=1S/C17H24ClFO/c1-12(2)11-17(7-3-4-8-17)16(20)9-13-5-6-14(19)10-15(13)18/h5-6,10,12,16,20H,3-4,7-9,11H2,1-2H3. The largest absolute Gasteiger partial charge is 0.392 e. The topological polar surface area (TPSA) is 20.2 Å². The van der Waals surface area contributed by atoms with E-state index < -0.39 is 6.10 Å². The number of aliphatic hydroxyl groups excluding tert-OH is 1. The summed E-state index contributed by atoms with van der Waals surface area (Å²) >= 11 is 6.08. The summed E-state index contributed by atoms with van der Waals surface area (Å²) in [6.07, 6.45) is 5.74. The lowest BCUT2D eigenvalue weighted by atomic mass is 9.72. The lowest BCUT2D eigenvalue weighted by Crippen LogP contribution is -2.35. The van der Waals surface area contributed by atoms with Gasteiger partial charge in [0.2, 0.25) is 0 Å². The van der Waals surface area contributed by atoms with Crippen molar-refractivity contribution in [1.82, 2.24) is 0 Å². The summed E-state index contributed by atoms with van der Waals surface area (Å²) in [5.74, 6) is 0.248. The molecule has 1 aromatic rings. The van der Waals surface area contributed by atoms with E-state index in [9.17, 15) is 9.50 Å². The Morgan fingerprint density at radius 3 is 2.50 bits per heavy atom. The van der Waals surface area contributed by atoms with E-state index in [1.54, 1.807) is 6.07 Å². The van der Waals surface area contributed by atoms with Gasteiger partial charge in [-0.1, -0.05) is 44.4 Å². The van der Waals surface area contributed by atoms with Crippen LogP contribution in [0.4, 0.5) is 4.39 Å². The first-order chi connectivity index (χ1) is 9.43. The highest BCUT2D eigenvalue weighted by atomic mass is 35.5. The Labute approximate surface area is 126 Å². The molecule has 1 fully saturated rings. The first kappa shape index (κ1) is 15.8. The molecule has 2 rings (SSSR count). The average Bonchev–Trinajstić information content (AvgIpc) is 2.81. The van der Waals surface area contributed by atoms with Crippen molar-refractivity contribution < 1.29 is 9.50 Å². The number of halogens is 2. The Balaban J connectivity index is 2.14. The molecule has 1 saturated carbocycles. The molecule has 0 aliphatic heterocycles. The second-order valence-corrected chi connectivity index (χ2v) is 7.03. The fourth-order valence-electron chi connectivity index (χ4n) is 3.68. The zero-order chi connectivity index (χ0) is 14.8. The SMILES string of the molecule is CC(C)CC1(C(O)Cc2ccc(F)cc2Cl)CCCC1. The van der Waals surface area contributed by atoms with E-state index in [4.69, 9.17) is 11.6 Å². The molecule has 0 aromatic heterocycles. The van der Waals surface area contributed by atoms with Crippen molar-refractivity contribution in [1.29, 1.82) is 0 Å². The van der Waals surface area contributed by atoms with Crippen molar-refractivity contribution in [3.8, 4) is 0 Å². The smallest absolute Gasteiger partial charge is 0.124 e. The second-order valence-electron chi connectivity index (χ2n) is 6.62. The van der Waals surface area contributed by atoms with Crippen LogP contribution in [0.15, 0.2) is 18.2 Å². The number of benzene rings is 1. The van der Waals surface area contributed by atoms with E-state index in [0.29, 0.717) is 17.4 Å². The Hall–Kier alpha value is -0.600. The van der Waals surface area contributed by atoms with Crippen molar-refractivity contribution in [2.45, 2.75) is 58.5 Å². The first-order valence-corrected chi connectivity index (χ1v) is 7.93. The molecule has 1 N–H and O–H groups in total. The van der Waals surface area contributed by atoms with Gasteiger partial charge in [-0.2, -0.15) is 0 Å². The first-order valence-electron chi connectivity index (χ1n) is 7.55. The highest BCUT2D eigenvalue weighted by molar-refractivity contribution is 6.31. The van der Waals surface area contributed by atoms with Crippen molar-refractivity contribution in [2.24, 2.45) is 11.3 Å². The Morgan fingerprint density at radius 2 is 1.95 bits per heavy atom. The van der Waals surface area contributed by atoms with Crippen LogP contribution in [0.5, 0.6) is 0 Å². The van der Waals surface area contributed by atoms with E-state index in [1.165, 1.54) is 25.0 Å². The lowest BCUT2D eigenvalue weighted by molar-refractivity contribution is 0.0134. The molecule has 1 nitrogen and oxygen atoms in total. The highest BCUT2D eigenvalue weighted by Crippen LogP contribution is 2.47. The minimum atomic E-state index is -0.393. The predicted octanol–water partition coefficient (Wildman–Crippen LogP) is 4.99. The van der Waals surface area contributed by atoms with Crippen LogP contribution in [-0.2, 0) is 6.42 Å². The van der Waals surface area contributed by atoms with E-state index in [-0.39, 0.29) is 11.2 Å². The third-order valence-corrected chi connectivity index (χ3v) is 4.90. The maximum atomic E-state index is 13.1. The molecule has 20 heavy (non-hydrogen) atoms. The third-order valence-electron chi connectivity index (χ3n) is 4.55. The van der Waals surface area contributed by atoms with Crippen LogP contribution in [0, 0.1) is 17.2 Å². The fraction of sp³-hybridized carbons (Fsp3) is 0.647. The second kappa shape index (κ2) is 6.44. The molecule has 1 aliphatic carbocycles. The molecule has 0 bridgehead atoms. The molecular weight excluding hydrogens is 275 g/mol. The van der Waals surface area contributed by atoms with Crippen molar-refractivity contribution in [3.63, 3.8) is 0 Å². The average molecular weight is 299 g/mol. The summed E-state index contributed by atoms with van der Waals surface area (Å²) in [4.78, 5) is 0. The van der Waals surface area contributed by atoms with Gasteiger partial charge in [-0.15, -0.1) is 0 Å². The van der Waals surface area contributed by atoms with Gasteiger partial charge >= 0.3 is 0 Å². The zero-order valence-corrected chi connectivity index (χ0v) is 13.1. The molecule has 0 radical (unpaired) electrons. The summed E-state index contributed by atoms with van der Waals surface area (Å²) in [7, 11) is 0. The predicted molar refractivity (Wildman–Crippen MR) is 81.5 cm³/mol. The minimum Gasteiger partial charge on any atom is -0.392 e. The molecule has 0 saturated heterocycles. The van der Waals surface area contributed by atoms with Gasteiger partial charge in [0, 0.05) is 11.4 Å². The van der Waals surface area contributed by atoms with Crippen LogP contribution in [0.1, 0.15) is 51.5 Å². The van der Waals surface area contributed by atoms with Gasteiger partial charge in [0.15, 0.2) is 0 Å². The minimum absolute atomic E-state index is 0.0197. The normalized spacial score (nSPS) is 19.5. The maximum absolute atomic E-state index is 13.1. The van der Waals surface area contributed by atoms with Crippen LogP contribution in [0.2, 0.25) is 5.02 Å². The van der Waals surface area contributed by atoms with Crippen molar-refractivity contribution >= 4 is 11.6 Å². The summed E-state index contributed by atoms with van der Waals surface area (Å²) in [6.45, 7) is 4.41. The Bertz CT molecular complexity index is 452. The molecule has 0 spiro atoms. The highest BCUT2D eigenvalue weighted by Gasteiger charge is 2.40. The Morgan fingerprint density at radius 1 is 1.30 bits per heavy atom. The van der Waals surface area contributed by atoms with Gasteiger partial charge in [0.25, 0.3) is 0 Å². The molecule has 1 atom stereocenters. The van der Waals surface area contributed by atoms with Crippen LogP contribution < -0.4 is 0 Å². The monoisotopic (exact) mass is 298 g/mol. The zero-order valence-electron chi connectivity index (χ0n) is 12.3. The van der Waals surface area contributed by atoms with E-state index in [1.807, 2.05) is 0 Å². The number of hydrogen-bond donors (Lipinski definition) is 1. The van der Waals surface area contributed by atoms with Gasteiger partial charge in [0.1, 0.15) is 5.82 Å². The lowest BCUT2D eigenvalue weighted by Gasteiger charge is -2.36. The van der Waals surface area contributed by atoms with Crippen molar-refractivity contribution in [3.05, 3.63) is 34.6 Å². The van der Waals surface area contributed by atoms with E-state index in [2.05, 4.69) is 13.8 Å². The summed E-state index contributed by atoms with van der Waals surface area (Å²) in [5.41, 5.74) is 0.863. The molecule has 0 heterocycles. The van der Waals surface area contributed by atoms with Crippen LogP contribution >= 0.6 is 11.6 Å². The summed E-state index contributed by atoms with van der Waals surface area (Å²) in [6, 6.07) is 4.43. The molecular formula is C17H24ClFO. The molecule has 0 amide bonds. The van der Waals surface area contributed by atoms with Gasteiger partial charge in [-0.3, -0.25) is 0 Å². The quantitative estimate of drug-likeness (QED) is 0.812. The Kier molecular flexibility index (Phi) is 5.09. The van der Waals surface area contributed by atoms with E-state index >= 15 is 0 Å². The molecule has 1 aliphatic rings. The van der Waals surface area contributed by atoms with Crippen molar-refractivity contribution in [2.75, 3.05) is 0 Å². The molecule has 1 unspecified atom stereocenters. The maximum Gasteiger partial charge on any atom is 0.124 e. The fourth-order valence-corrected chi connectivity index (χ4v) is 3.92. The van der Waals surface area contributed by atoms with Crippen LogP contribution in [-0.4, -0.2) is 11.2 Å². The number of aliphatic hydroxyl groups is 1. The van der Waals surface area contributed by atoms with Gasteiger partial charge < -0.3 is 5.11 Å². The van der Waals surface area contributed by atoms with Gasteiger partial charge in [0.05, 0.1) is 6.10 Å². The molecule has 112 valence electrons. The van der Waals surface area contributed by atoms with Crippen LogP contribution in [0.3, 0.4) is 0 Å². The molecule has 3 heteroatoms. The van der Waals surface area contributed by atoms with Gasteiger partial charge in [-0.05, 0) is 48.3 Å². The number of rotatable bonds is 5. The summed E-state index contributed by atoms with van der Waals surface area (Å²) < 4.78 is 13.1. The number of hydrogen-bond acceptors (Lipinski definition) is 1. The summed E-state index contributed by atoms with van der Waals surface area (Å²) in [5, 5.41) is 11.2. The van der Waals surface area contributed by atoms with Gasteiger partial charge in [-0.25, -0.2) is 4.39 Å².